The first-order chi connectivity index (χ1) is 14.5. The molecule has 0 fully saturated rings. The Hall–Kier alpha value is -3.04. The van der Waals surface area contributed by atoms with Gasteiger partial charge in [0.2, 0.25) is 5.89 Å². The van der Waals surface area contributed by atoms with E-state index in [1.165, 1.54) is 14.2 Å². The minimum Gasteiger partial charge on any atom is -0.484 e. The lowest BCUT2D eigenvalue weighted by atomic mass is 10.00. The summed E-state index contributed by atoms with van der Waals surface area (Å²) in [5.74, 6) is 0.482. The Balaban J connectivity index is 1.80. The summed E-state index contributed by atoms with van der Waals surface area (Å²) in [5, 5.41) is 11.8. The summed E-state index contributed by atoms with van der Waals surface area (Å²) in [6.07, 6.45) is 0. The predicted octanol–water partition coefficient (Wildman–Crippen LogP) is 3.84. The minimum atomic E-state index is -0.646. The van der Waals surface area contributed by atoms with Gasteiger partial charge >= 0.3 is 5.97 Å². The Morgan fingerprint density at radius 3 is 2.60 bits per heavy atom. The molecule has 0 aliphatic rings. The largest absolute Gasteiger partial charge is 0.484 e. The molecule has 1 atom stereocenters. The summed E-state index contributed by atoms with van der Waals surface area (Å²) >= 11 is 10.5. The molecule has 0 saturated carbocycles. The third kappa shape index (κ3) is 5.11. The number of nitrogens with zero attached hydrogens (tertiary/aromatic N) is 3. The summed E-state index contributed by atoms with van der Waals surface area (Å²) in [7, 11) is 2.61. The monoisotopic (exact) mass is 447 g/mol. The number of halogens is 1. The third-order valence-corrected chi connectivity index (χ3v) is 4.72. The Kier molecular flexibility index (Phi) is 7.31. The first kappa shape index (κ1) is 21.7. The van der Waals surface area contributed by atoms with Crippen LogP contribution in [-0.2, 0) is 21.0 Å². The van der Waals surface area contributed by atoms with E-state index in [4.69, 9.17) is 30.3 Å². The summed E-state index contributed by atoms with van der Waals surface area (Å²) in [5.41, 5.74) is 1.10. The molecule has 0 spiro atoms. The van der Waals surface area contributed by atoms with Gasteiger partial charge < -0.3 is 18.7 Å². The standard InChI is InChI=1S/C20H18ClN3O5S/c1-26-20(25)17(24-27-2)14-5-3-4-6-15(14)18(30)19-23-22-16(29-19)11-28-13-9-7-12(21)8-10-13/h3-10,18,30H,11H2,1-2H3. The van der Waals surface area contributed by atoms with Gasteiger partial charge in [-0.1, -0.05) is 41.0 Å². The maximum Gasteiger partial charge on any atom is 0.360 e. The van der Waals surface area contributed by atoms with Crippen LogP contribution in [-0.4, -0.2) is 36.1 Å². The van der Waals surface area contributed by atoms with Crippen molar-refractivity contribution < 1.29 is 23.5 Å². The molecule has 0 bridgehead atoms. The van der Waals surface area contributed by atoms with Crippen LogP contribution in [0.5, 0.6) is 5.75 Å². The Labute approximate surface area is 183 Å². The molecule has 0 amide bonds. The number of thiol groups is 1. The molecule has 10 heteroatoms. The molecule has 2 aromatic carbocycles. The molecule has 0 N–H and O–H groups in total. The van der Waals surface area contributed by atoms with E-state index in [9.17, 15) is 4.79 Å². The van der Waals surface area contributed by atoms with Gasteiger partial charge in [0, 0.05) is 10.6 Å². The van der Waals surface area contributed by atoms with Crippen LogP contribution in [0.4, 0.5) is 0 Å². The molecule has 3 rings (SSSR count). The maximum atomic E-state index is 12.1. The quantitative estimate of drug-likeness (QED) is 0.242. The van der Waals surface area contributed by atoms with Crippen molar-refractivity contribution in [2.24, 2.45) is 5.16 Å². The minimum absolute atomic E-state index is 0.000426. The van der Waals surface area contributed by atoms with E-state index < -0.39 is 11.2 Å². The van der Waals surface area contributed by atoms with E-state index in [-0.39, 0.29) is 24.1 Å². The fourth-order valence-corrected chi connectivity index (χ4v) is 3.04. The van der Waals surface area contributed by atoms with Crippen molar-refractivity contribution in [2.45, 2.75) is 11.9 Å². The van der Waals surface area contributed by atoms with Gasteiger partial charge in [-0.15, -0.1) is 10.2 Å². The number of oxime groups is 1. The van der Waals surface area contributed by atoms with Gasteiger partial charge in [0.25, 0.3) is 5.89 Å². The van der Waals surface area contributed by atoms with Gasteiger partial charge in [-0.25, -0.2) is 4.79 Å². The summed E-state index contributed by atoms with van der Waals surface area (Å²) in [6, 6.07) is 13.9. The molecule has 0 saturated heterocycles. The van der Waals surface area contributed by atoms with Crippen molar-refractivity contribution in [3.8, 4) is 5.75 Å². The molecule has 30 heavy (non-hydrogen) atoms. The predicted molar refractivity (Wildman–Crippen MR) is 113 cm³/mol. The lowest BCUT2D eigenvalue weighted by Crippen LogP contribution is -2.20. The first-order valence-corrected chi connectivity index (χ1v) is 9.60. The Morgan fingerprint density at radius 1 is 1.17 bits per heavy atom. The van der Waals surface area contributed by atoms with Crippen LogP contribution in [0.2, 0.25) is 5.02 Å². The lowest BCUT2D eigenvalue weighted by Gasteiger charge is -2.13. The van der Waals surface area contributed by atoms with Crippen LogP contribution >= 0.6 is 24.2 Å². The smallest absolute Gasteiger partial charge is 0.360 e. The van der Waals surface area contributed by atoms with E-state index in [0.717, 1.165) is 0 Å². The highest BCUT2D eigenvalue weighted by Gasteiger charge is 2.25. The summed E-state index contributed by atoms with van der Waals surface area (Å²) in [4.78, 5) is 16.9. The van der Waals surface area contributed by atoms with Crippen LogP contribution in [0.25, 0.3) is 0 Å². The van der Waals surface area contributed by atoms with Crippen molar-refractivity contribution in [2.75, 3.05) is 14.2 Å². The van der Waals surface area contributed by atoms with E-state index in [1.807, 2.05) is 0 Å². The highest BCUT2D eigenvalue weighted by atomic mass is 35.5. The number of aromatic nitrogens is 2. The van der Waals surface area contributed by atoms with Crippen LogP contribution in [0.1, 0.15) is 28.2 Å². The number of carbonyl (C=O) groups is 1. The number of carbonyl (C=O) groups excluding carboxylic acids is 1. The second-order valence-corrected chi connectivity index (χ2v) is 6.83. The van der Waals surface area contributed by atoms with E-state index in [2.05, 4.69) is 28.0 Å². The highest BCUT2D eigenvalue weighted by molar-refractivity contribution is 7.80. The number of hydrogen-bond acceptors (Lipinski definition) is 9. The van der Waals surface area contributed by atoms with Crippen molar-refractivity contribution >= 4 is 35.9 Å². The van der Waals surface area contributed by atoms with E-state index in [1.54, 1.807) is 48.5 Å². The van der Waals surface area contributed by atoms with Crippen LogP contribution in [0.15, 0.2) is 58.1 Å². The van der Waals surface area contributed by atoms with Crippen molar-refractivity contribution in [1.82, 2.24) is 10.2 Å². The molecule has 0 aliphatic carbocycles. The number of ether oxygens (including phenoxy) is 2. The zero-order chi connectivity index (χ0) is 21.5. The third-order valence-electron chi connectivity index (χ3n) is 3.96. The molecule has 0 radical (unpaired) electrons. The van der Waals surface area contributed by atoms with Crippen LogP contribution in [0.3, 0.4) is 0 Å². The Bertz CT molecular complexity index is 1040. The number of methoxy groups -OCH3 is 1. The first-order valence-electron chi connectivity index (χ1n) is 8.71. The van der Waals surface area contributed by atoms with Gasteiger partial charge in [0.1, 0.15) is 18.1 Å². The van der Waals surface area contributed by atoms with E-state index in [0.29, 0.717) is 21.9 Å². The molecule has 8 nitrogen and oxygen atoms in total. The number of esters is 1. The van der Waals surface area contributed by atoms with Gasteiger partial charge in [0.15, 0.2) is 12.3 Å². The number of rotatable bonds is 8. The SMILES string of the molecule is CON=C(C(=O)OC)c1ccccc1C(S)c1nnc(COc2ccc(Cl)cc2)o1. The fourth-order valence-electron chi connectivity index (χ4n) is 2.58. The molecule has 156 valence electrons. The van der Waals surface area contributed by atoms with Gasteiger partial charge in [-0.3, -0.25) is 0 Å². The van der Waals surface area contributed by atoms with Crippen LogP contribution < -0.4 is 4.74 Å². The molecular formula is C20H18ClN3O5S. The van der Waals surface area contributed by atoms with Gasteiger partial charge in [-0.2, -0.15) is 12.6 Å². The fraction of sp³-hybridized carbons (Fsp3) is 0.200. The second-order valence-electron chi connectivity index (χ2n) is 5.88. The van der Waals surface area contributed by atoms with Gasteiger partial charge in [-0.05, 0) is 29.8 Å². The molecule has 1 heterocycles. The van der Waals surface area contributed by atoms with Crippen molar-refractivity contribution in [3.63, 3.8) is 0 Å². The molecule has 1 aromatic heterocycles. The molecule has 0 aliphatic heterocycles. The molecule has 1 unspecified atom stereocenters. The zero-order valence-electron chi connectivity index (χ0n) is 16.1. The summed E-state index contributed by atoms with van der Waals surface area (Å²) < 4.78 is 16.1. The van der Waals surface area contributed by atoms with Gasteiger partial charge in [0.05, 0.1) is 7.11 Å². The maximum absolute atomic E-state index is 12.1. The average Bonchev–Trinajstić information content (AvgIpc) is 3.25. The number of hydrogen-bond donors (Lipinski definition) is 1. The number of benzene rings is 2. The second kappa shape index (κ2) is 10.1. The zero-order valence-corrected chi connectivity index (χ0v) is 17.8. The van der Waals surface area contributed by atoms with Crippen molar-refractivity contribution in [1.29, 1.82) is 0 Å². The molecular weight excluding hydrogens is 430 g/mol. The topological polar surface area (TPSA) is 96.0 Å². The molecule has 3 aromatic rings. The van der Waals surface area contributed by atoms with E-state index >= 15 is 0 Å². The highest BCUT2D eigenvalue weighted by Crippen LogP contribution is 2.30. The lowest BCUT2D eigenvalue weighted by molar-refractivity contribution is -0.132. The normalized spacial score (nSPS) is 12.3. The van der Waals surface area contributed by atoms with Crippen molar-refractivity contribution in [3.05, 3.63) is 76.5 Å². The summed E-state index contributed by atoms with van der Waals surface area (Å²) in [6.45, 7) is 0.0787. The Morgan fingerprint density at radius 2 is 1.90 bits per heavy atom. The van der Waals surface area contributed by atoms with Crippen LogP contribution in [0, 0.1) is 0 Å². The average molecular weight is 448 g/mol.